The second-order valence-electron chi connectivity index (χ2n) is 16.1. The van der Waals surface area contributed by atoms with E-state index >= 15 is 0 Å². The molecule has 2 aliphatic rings. The molecule has 0 saturated heterocycles. The maximum absolute atomic E-state index is 5.01. The largest absolute Gasteiger partial charge is 0.309 e. The third-order valence-corrected chi connectivity index (χ3v) is 12.3. The maximum atomic E-state index is 5.01. The summed E-state index contributed by atoms with van der Waals surface area (Å²) in [5.74, 6) is 1.97. The summed E-state index contributed by atoms with van der Waals surface area (Å²) >= 11 is 0. The maximum Gasteiger partial charge on any atom is 0.164 e. The molecule has 0 fully saturated rings. The van der Waals surface area contributed by atoms with Crippen molar-refractivity contribution in [2.24, 2.45) is 0 Å². The van der Waals surface area contributed by atoms with Gasteiger partial charge in [-0.25, -0.2) is 15.0 Å². The van der Waals surface area contributed by atoms with Gasteiger partial charge in [0.25, 0.3) is 0 Å². The van der Waals surface area contributed by atoms with Crippen molar-refractivity contribution in [2.75, 3.05) is 0 Å². The van der Waals surface area contributed by atoms with Gasteiger partial charge in [-0.05, 0) is 93.0 Å². The normalized spacial score (nSPS) is 14.5. The summed E-state index contributed by atoms with van der Waals surface area (Å²) in [6.45, 7) is 9.45. The number of rotatable bonds is 4. The van der Waals surface area contributed by atoms with Gasteiger partial charge in [-0.2, -0.15) is 0 Å². The van der Waals surface area contributed by atoms with Gasteiger partial charge in [-0.1, -0.05) is 137 Å². The van der Waals surface area contributed by atoms with Crippen molar-refractivity contribution in [3.8, 4) is 62.1 Å². The fourth-order valence-corrected chi connectivity index (χ4v) is 9.38. The highest BCUT2D eigenvalue weighted by atomic mass is 15.0. The molecule has 11 rings (SSSR count). The molecule has 2 aliphatic carbocycles. The van der Waals surface area contributed by atoms with Gasteiger partial charge in [0.05, 0.1) is 11.0 Å². The first kappa shape index (κ1) is 31.8. The number of hydrogen-bond acceptors (Lipinski definition) is 3. The summed E-state index contributed by atoms with van der Waals surface area (Å²) < 4.78 is 2.48. The number of nitrogens with zero attached hydrogens (tertiary/aromatic N) is 4. The first-order valence-corrected chi connectivity index (χ1v) is 19.1. The lowest BCUT2D eigenvalue weighted by Gasteiger charge is -2.22. The van der Waals surface area contributed by atoms with E-state index in [2.05, 4.69) is 129 Å². The minimum absolute atomic E-state index is 0.112. The Bertz CT molecular complexity index is 2830. The summed E-state index contributed by atoms with van der Waals surface area (Å²) in [5.41, 5.74) is 17.0. The lowest BCUT2D eigenvalue weighted by atomic mass is 9.82. The van der Waals surface area contributed by atoms with Crippen LogP contribution < -0.4 is 0 Å². The molecule has 0 aliphatic heterocycles. The lowest BCUT2D eigenvalue weighted by molar-refractivity contribution is 0.660. The molecule has 262 valence electrons. The Morgan fingerprint density at radius 1 is 0.364 bits per heavy atom. The van der Waals surface area contributed by atoms with E-state index in [1.165, 1.54) is 66.3 Å². The molecule has 0 amide bonds. The zero-order valence-electron chi connectivity index (χ0n) is 31.3. The Kier molecular flexibility index (Phi) is 6.61. The smallest absolute Gasteiger partial charge is 0.164 e. The first-order chi connectivity index (χ1) is 26.8. The minimum Gasteiger partial charge on any atom is -0.309 e. The van der Waals surface area contributed by atoms with Crippen LogP contribution in [0.1, 0.15) is 49.9 Å². The average molecular weight is 707 g/mol. The van der Waals surface area contributed by atoms with Crippen molar-refractivity contribution in [3.05, 3.63) is 180 Å². The van der Waals surface area contributed by atoms with Crippen LogP contribution in [0.3, 0.4) is 0 Å². The van der Waals surface area contributed by atoms with Crippen LogP contribution in [0.4, 0.5) is 0 Å². The second-order valence-corrected chi connectivity index (χ2v) is 16.1. The molecule has 0 atom stereocenters. The quantitative estimate of drug-likeness (QED) is 0.183. The minimum atomic E-state index is -0.112. The van der Waals surface area contributed by atoms with E-state index in [0.717, 1.165) is 22.4 Å². The van der Waals surface area contributed by atoms with E-state index in [1.54, 1.807) is 0 Å². The van der Waals surface area contributed by atoms with Crippen molar-refractivity contribution in [1.82, 2.24) is 19.5 Å². The molecule has 0 saturated carbocycles. The van der Waals surface area contributed by atoms with Gasteiger partial charge in [-0.15, -0.1) is 0 Å². The van der Waals surface area contributed by atoms with E-state index < -0.39 is 0 Å². The van der Waals surface area contributed by atoms with E-state index in [-0.39, 0.29) is 10.8 Å². The molecule has 7 aromatic carbocycles. The van der Waals surface area contributed by atoms with Crippen molar-refractivity contribution in [2.45, 2.75) is 38.5 Å². The summed E-state index contributed by atoms with van der Waals surface area (Å²) in [5, 5.41) is 2.54. The molecule has 0 unspecified atom stereocenters. The molecule has 0 spiro atoms. The summed E-state index contributed by atoms with van der Waals surface area (Å²) in [6.07, 6.45) is 0. The number of fused-ring (bicyclic) bond motifs is 9. The molecule has 2 aromatic heterocycles. The fourth-order valence-electron chi connectivity index (χ4n) is 9.38. The molecule has 9 aromatic rings. The van der Waals surface area contributed by atoms with Crippen LogP contribution in [-0.2, 0) is 10.8 Å². The van der Waals surface area contributed by atoms with E-state index in [9.17, 15) is 0 Å². The average Bonchev–Trinajstić information content (AvgIpc) is 3.76. The Hall–Kier alpha value is -6.65. The van der Waals surface area contributed by atoms with Crippen LogP contribution in [0.25, 0.3) is 83.9 Å². The topological polar surface area (TPSA) is 43.6 Å². The van der Waals surface area contributed by atoms with E-state index in [1.807, 2.05) is 60.7 Å². The predicted octanol–water partition coefficient (Wildman–Crippen LogP) is 12.6. The molecule has 0 radical (unpaired) electrons. The monoisotopic (exact) mass is 706 g/mol. The third-order valence-electron chi connectivity index (χ3n) is 12.3. The van der Waals surface area contributed by atoms with Gasteiger partial charge in [-0.3, -0.25) is 0 Å². The fraction of sp³-hybridized carbons (Fsp3) is 0.118. The molecule has 4 heteroatoms. The number of hydrogen-bond donors (Lipinski definition) is 0. The van der Waals surface area contributed by atoms with Crippen LogP contribution in [0.5, 0.6) is 0 Å². The highest BCUT2D eigenvalue weighted by molar-refractivity contribution is 6.13. The predicted molar refractivity (Wildman–Crippen MR) is 226 cm³/mol. The van der Waals surface area contributed by atoms with E-state index in [0.29, 0.717) is 17.5 Å². The summed E-state index contributed by atoms with van der Waals surface area (Å²) in [7, 11) is 0. The van der Waals surface area contributed by atoms with Crippen LogP contribution in [0, 0.1) is 0 Å². The van der Waals surface area contributed by atoms with Crippen molar-refractivity contribution >= 4 is 21.8 Å². The van der Waals surface area contributed by atoms with Gasteiger partial charge in [0.1, 0.15) is 0 Å². The van der Waals surface area contributed by atoms with Gasteiger partial charge in [0, 0.05) is 44.0 Å². The van der Waals surface area contributed by atoms with Crippen LogP contribution in [-0.4, -0.2) is 19.5 Å². The van der Waals surface area contributed by atoms with Gasteiger partial charge in [0.15, 0.2) is 17.5 Å². The number of benzene rings is 7. The Balaban J connectivity index is 1.13. The zero-order chi connectivity index (χ0) is 37.1. The molecular weight excluding hydrogens is 669 g/mol. The summed E-state index contributed by atoms with van der Waals surface area (Å²) in [6, 6.07) is 56.8. The Labute approximate surface area is 320 Å². The Morgan fingerprint density at radius 2 is 0.745 bits per heavy atom. The second kappa shape index (κ2) is 11.4. The summed E-state index contributed by atoms with van der Waals surface area (Å²) in [4.78, 5) is 14.9. The molecule has 0 bridgehead atoms. The van der Waals surface area contributed by atoms with Crippen LogP contribution >= 0.6 is 0 Å². The van der Waals surface area contributed by atoms with Crippen LogP contribution in [0.2, 0.25) is 0 Å². The third kappa shape index (κ3) is 4.61. The highest BCUT2D eigenvalue weighted by Crippen LogP contribution is 2.54. The van der Waals surface area contributed by atoms with Crippen molar-refractivity contribution in [1.29, 1.82) is 0 Å². The zero-order valence-corrected chi connectivity index (χ0v) is 31.3. The molecular formula is C51H38N4. The lowest BCUT2D eigenvalue weighted by Crippen LogP contribution is -2.15. The molecule has 55 heavy (non-hydrogen) atoms. The molecule has 4 nitrogen and oxygen atoms in total. The van der Waals surface area contributed by atoms with E-state index in [4.69, 9.17) is 15.0 Å². The SMILES string of the molecule is CC1(C)c2ccccc2-c2cc3c4cc5c(cc4n(-c4ccc(-c6nc(-c7ccccc7)nc(-c7ccccc7)n6)cc4)c3cc21)C(C)(C)c1ccccc1-5. The standard InChI is InChI=1S/C51H38N4/c1-50(2)41-21-13-11-19-35(41)37-27-39-40-28-38-36-20-12-14-22-42(36)51(3,4)44(38)30-46(40)55(45(39)29-43(37)50)34-25-23-33(24-26-34)49-53-47(31-15-7-5-8-16-31)52-48(54-49)32-17-9-6-10-18-32/h5-30H,1-4H3. The Morgan fingerprint density at radius 3 is 1.18 bits per heavy atom. The van der Waals surface area contributed by atoms with Crippen molar-refractivity contribution < 1.29 is 0 Å². The molecule has 0 N–H and O–H groups in total. The van der Waals surface area contributed by atoms with Crippen LogP contribution in [0.15, 0.2) is 158 Å². The highest BCUT2D eigenvalue weighted by Gasteiger charge is 2.38. The van der Waals surface area contributed by atoms with Gasteiger partial charge < -0.3 is 4.57 Å². The van der Waals surface area contributed by atoms with Gasteiger partial charge in [0.2, 0.25) is 0 Å². The molecule has 2 heterocycles. The number of aromatic nitrogens is 4. The van der Waals surface area contributed by atoms with Gasteiger partial charge >= 0.3 is 0 Å². The van der Waals surface area contributed by atoms with Crippen molar-refractivity contribution in [3.63, 3.8) is 0 Å². The first-order valence-electron chi connectivity index (χ1n) is 19.1.